The number of rotatable bonds is 8. The first-order chi connectivity index (χ1) is 20.6. The normalized spacial score (nSPS) is 18.4. The molecule has 2 aromatic carbocycles. The lowest BCUT2D eigenvalue weighted by Crippen LogP contribution is -2.35. The van der Waals surface area contributed by atoms with E-state index in [9.17, 15) is 23.1 Å². The number of hydrogen-bond donors (Lipinski definition) is 3. The number of aliphatic hydroxyl groups excluding tert-OH is 1. The molecule has 3 N–H and O–H groups in total. The number of fused-ring (bicyclic) bond motifs is 1. The van der Waals surface area contributed by atoms with Gasteiger partial charge in [0.2, 0.25) is 0 Å². The molecule has 0 unspecified atom stereocenters. The highest BCUT2D eigenvalue weighted by atomic mass is 19.4. The Kier molecular flexibility index (Phi) is 7.65. The maximum atomic E-state index is 14.3. The number of carbonyl (C=O) groups excluding carboxylic acids is 1. The van der Waals surface area contributed by atoms with E-state index in [-0.39, 0.29) is 36.1 Å². The predicted molar refractivity (Wildman–Crippen MR) is 156 cm³/mol. The van der Waals surface area contributed by atoms with Crippen molar-refractivity contribution in [3.63, 3.8) is 0 Å². The molecule has 2 atom stereocenters. The number of benzene rings is 2. The highest BCUT2D eigenvalue weighted by molar-refractivity contribution is 6.10. The maximum Gasteiger partial charge on any atom is 0.416 e. The Morgan fingerprint density at radius 1 is 1.07 bits per heavy atom. The van der Waals surface area contributed by atoms with Crippen molar-refractivity contribution in [1.29, 1.82) is 0 Å². The number of nitrogens with one attached hydrogen (secondary N) is 2. The Morgan fingerprint density at radius 3 is 2.53 bits per heavy atom. The summed E-state index contributed by atoms with van der Waals surface area (Å²) in [7, 11) is 1.84. The van der Waals surface area contributed by atoms with Crippen molar-refractivity contribution < 1.29 is 23.1 Å². The van der Waals surface area contributed by atoms with E-state index in [0.29, 0.717) is 30.2 Å². The number of aromatic nitrogens is 4. The van der Waals surface area contributed by atoms with Crippen molar-refractivity contribution in [2.75, 3.05) is 16.8 Å². The summed E-state index contributed by atoms with van der Waals surface area (Å²) in [5.74, 6) is 0.827. The molecule has 12 heteroatoms. The number of aryl methyl sites for hydroxylation is 1. The minimum absolute atomic E-state index is 0.00952. The molecule has 9 nitrogen and oxygen atoms in total. The zero-order chi connectivity index (χ0) is 30.3. The van der Waals surface area contributed by atoms with E-state index in [4.69, 9.17) is 0 Å². The van der Waals surface area contributed by atoms with Crippen LogP contribution in [0.2, 0.25) is 0 Å². The summed E-state index contributed by atoms with van der Waals surface area (Å²) in [6.07, 6.45) is -1.31. The second-order valence-corrected chi connectivity index (χ2v) is 11.0. The van der Waals surface area contributed by atoms with Gasteiger partial charge in [0.1, 0.15) is 18.0 Å². The molecule has 2 aromatic heterocycles. The van der Waals surface area contributed by atoms with Crippen LogP contribution in [0, 0.1) is 0 Å². The standard InChI is InChI=1S/C31H32F3N7O2/c1-3-35-27-13-19(20-7-4-5-8-21(20)29-39-37-17-40(29)2)14-28(38-27)41-16-23-22(30(41)43)11-18(12-24(23)31(32,33)34)15-36-25-9-6-10-26(25)42/h4-5,7-8,11-14,17,25-26,36,42H,3,6,9-10,15-16H2,1-2H3,(H,35,38)/t25-,26-/m0/s1. The number of anilines is 2. The lowest BCUT2D eigenvalue weighted by atomic mass is 9.98. The molecular weight excluding hydrogens is 559 g/mol. The van der Waals surface area contributed by atoms with Gasteiger partial charge in [-0.2, -0.15) is 13.2 Å². The highest BCUT2D eigenvalue weighted by Gasteiger charge is 2.41. The smallest absolute Gasteiger partial charge is 0.392 e. The van der Waals surface area contributed by atoms with Gasteiger partial charge in [-0.05, 0) is 72.7 Å². The van der Waals surface area contributed by atoms with Crippen molar-refractivity contribution in [2.24, 2.45) is 7.05 Å². The highest BCUT2D eigenvalue weighted by Crippen LogP contribution is 2.41. The van der Waals surface area contributed by atoms with Crippen molar-refractivity contribution in [1.82, 2.24) is 25.1 Å². The number of amides is 1. The zero-order valence-corrected chi connectivity index (χ0v) is 23.8. The second-order valence-electron chi connectivity index (χ2n) is 11.0. The van der Waals surface area contributed by atoms with Gasteiger partial charge in [0.25, 0.3) is 5.91 Å². The molecule has 6 rings (SSSR count). The summed E-state index contributed by atoms with van der Waals surface area (Å²) in [5, 5.41) is 24.7. The Bertz CT molecular complexity index is 1670. The third-order valence-electron chi connectivity index (χ3n) is 8.09. The average Bonchev–Trinajstić information content (AvgIpc) is 3.69. The average molecular weight is 592 g/mol. The van der Waals surface area contributed by atoms with Crippen LogP contribution in [0.1, 0.15) is 53.2 Å². The molecule has 3 heterocycles. The summed E-state index contributed by atoms with van der Waals surface area (Å²) in [4.78, 5) is 19.7. The van der Waals surface area contributed by atoms with Crippen LogP contribution in [0.15, 0.2) is 54.9 Å². The third kappa shape index (κ3) is 5.59. The molecule has 0 radical (unpaired) electrons. The van der Waals surface area contributed by atoms with Gasteiger partial charge in [-0.1, -0.05) is 24.3 Å². The van der Waals surface area contributed by atoms with Crippen molar-refractivity contribution in [2.45, 2.75) is 57.6 Å². The zero-order valence-electron chi connectivity index (χ0n) is 23.8. The number of nitrogens with zero attached hydrogens (tertiary/aromatic N) is 5. The fourth-order valence-corrected chi connectivity index (χ4v) is 5.97. The van der Waals surface area contributed by atoms with Crippen LogP contribution in [-0.2, 0) is 26.3 Å². The number of hydrogen-bond acceptors (Lipinski definition) is 7. The first-order valence-corrected chi connectivity index (χ1v) is 14.3. The molecule has 1 fully saturated rings. The molecule has 1 aliphatic heterocycles. The van der Waals surface area contributed by atoms with Gasteiger partial charge in [0.15, 0.2) is 5.82 Å². The molecule has 43 heavy (non-hydrogen) atoms. The summed E-state index contributed by atoms with van der Waals surface area (Å²) in [5.41, 5.74) is 1.79. The molecule has 1 amide bonds. The minimum atomic E-state index is -4.65. The molecule has 4 aromatic rings. The van der Waals surface area contributed by atoms with E-state index < -0.39 is 23.8 Å². The first-order valence-electron chi connectivity index (χ1n) is 14.3. The van der Waals surface area contributed by atoms with E-state index in [1.165, 1.54) is 11.0 Å². The van der Waals surface area contributed by atoms with Crippen molar-refractivity contribution in [3.05, 3.63) is 77.1 Å². The van der Waals surface area contributed by atoms with Crippen LogP contribution in [0.25, 0.3) is 22.5 Å². The van der Waals surface area contributed by atoms with Gasteiger partial charge in [-0.25, -0.2) is 4.98 Å². The van der Waals surface area contributed by atoms with Gasteiger partial charge in [-0.3, -0.25) is 9.69 Å². The van der Waals surface area contributed by atoms with E-state index in [1.807, 2.05) is 44.3 Å². The Hall–Kier alpha value is -4.29. The molecule has 224 valence electrons. The van der Waals surface area contributed by atoms with Gasteiger partial charge in [-0.15, -0.1) is 10.2 Å². The quantitative estimate of drug-likeness (QED) is 0.260. The van der Waals surface area contributed by atoms with Crippen molar-refractivity contribution in [3.8, 4) is 22.5 Å². The fraction of sp³-hybridized carbons (Fsp3) is 0.355. The van der Waals surface area contributed by atoms with Crippen LogP contribution in [0.3, 0.4) is 0 Å². The number of halogens is 3. The maximum absolute atomic E-state index is 14.3. The molecule has 0 bridgehead atoms. The van der Waals surface area contributed by atoms with E-state index in [0.717, 1.165) is 35.6 Å². The number of aliphatic hydroxyl groups is 1. The van der Waals surface area contributed by atoms with Gasteiger partial charge < -0.3 is 20.3 Å². The van der Waals surface area contributed by atoms with Crippen molar-refractivity contribution >= 4 is 17.5 Å². The molecule has 1 saturated carbocycles. The lowest BCUT2D eigenvalue weighted by molar-refractivity contribution is -0.138. The van der Waals surface area contributed by atoms with Gasteiger partial charge >= 0.3 is 6.18 Å². The lowest BCUT2D eigenvalue weighted by Gasteiger charge is -2.19. The third-order valence-corrected chi connectivity index (χ3v) is 8.09. The van der Waals surface area contributed by atoms with Gasteiger partial charge in [0.05, 0.1) is 18.2 Å². The predicted octanol–water partition coefficient (Wildman–Crippen LogP) is 5.16. The molecule has 2 aliphatic rings. The number of alkyl halides is 3. The minimum Gasteiger partial charge on any atom is -0.392 e. The summed E-state index contributed by atoms with van der Waals surface area (Å²) in [6.45, 7) is 2.32. The SMILES string of the molecule is CCNc1cc(-c2ccccc2-c2nncn2C)cc(N2Cc3c(cc(CN[C@H]4CCC[C@@H]4O)cc3C(F)(F)F)C2=O)n1. The summed E-state index contributed by atoms with van der Waals surface area (Å²) >= 11 is 0. The topological polar surface area (TPSA) is 108 Å². The van der Waals surface area contributed by atoms with Gasteiger partial charge in [0, 0.05) is 37.3 Å². The fourth-order valence-electron chi connectivity index (χ4n) is 5.97. The van der Waals surface area contributed by atoms with Crippen LogP contribution in [0.5, 0.6) is 0 Å². The van der Waals surface area contributed by atoms with E-state index >= 15 is 0 Å². The Labute approximate surface area is 246 Å². The van der Waals surface area contributed by atoms with Crippen LogP contribution in [0.4, 0.5) is 24.8 Å². The number of pyridine rings is 1. The van der Waals surface area contributed by atoms with Crippen LogP contribution in [-0.4, -0.2) is 49.5 Å². The second kappa shape index (κ2) is 11.4. The molecular formula is C31H32F3N7O2. The van der Waals surface area contributed by atoms with Crippen LogP contribution >= 0.6 is 0 Å². The Morgan fingerprint density at radius 2 is 1.86 bits per heavy atom. The Balaban J connectivity index is 1.39. The van der Waals surface area contributed by atoms with E-state index in [1.54, 1.807) is 17.0 Å². The molecule has 0 saturated heterocycles. The summed E-state index contributed by atoms with van der Waals surface area (Å²) < 4.78 is 44.7. The van der Waals surface area contributed by atoms with E-state index in [2.05, 4.69) is 25.8 Å². The monoisotopic (exact) mass is 591 g/mol. The van der Waals surface area contributed by atoms with Crippen LogP contribution < -0.4 is 15.5 Å². The first kappa shape index (κ1) is 28.8. The summed E-state index contributed by atoms with van der Waals surface area (Å²) in [6, 6.07) is 13.6. The number of carbonyl (C=O) groups is 1. The molecule has 0 spiro atoms. The largest absolute Gasteiger partial charge is 0.416 e. The molecule has 1 aliphatic carbocycles.